The van der Waals surface area contributed by atoms with Crippen molar-refractivity contribution in [2.24, 2.45) is 0 Å². The molecule has 3 aromatic rings. The molecule has 0 aromatic heterocycles. The number of rotatable bonds is 7. The Labute approximate surface area is 211 Å². The molecule has 1 N–H and O–H groups in total. The van der Waals surface area contributed by atoms with Crippen molar-refractivity contribution in [2.45, 2.75) is 13.8 Å². The number of hydrogen-bond acceptors (Lipinski definition) is 5. The average molecular weight is 535 g/mol. The maximum atomic E-state index is 13.0. The van der Waals surface area contributed by atoms with E-state index in [9.17, 15) is 14.4 Å². The number of barbiturate groups is 1. The van der Waals surface area contributed by atoms with Gasteiger partial charge in [-0.05, 0) is 73.5 Å². The van der Waals surface area contributed by atoms with Crippen molar-refractivity contribution in [3.8, 4) is 11.5 Å². The van der Waals surface area contributed by atoms with Crippen LogP contribution < -0.4 is 19.7 Å². The lowest BCUT2D eigenvalue weighted by molar-refractivity contribution is -0.122. The molecular formula is C27H23BrN2O5. The first-order valence-electron chi connectivity index (χ1n) is 10.9. The summed E-state index contributed by atoms with van der Waals surface area (Å²) in [6.45, 7) is 4.79. The van der Waals surface area contributed by atoms with Crippen molar-refractivity contribution in [3.63, 3.8) is 0 Å². The standard InChI is InChI=1S/C27H23BrN2O5/c1-17-3-12-24(18(2)15-17)35-14-13-34-22-10-4-19(5-11-22)16-23-25(31)29-27(33)30(26(23)32)21-8-6-20(28)7-9-21/h3-12,15-16H,13-14H2,1-2H3,(H,29,31,33). The molecule has 7 nitrogen and oxygen atoms in total. The van der Waals surface area contributed by atoms with Gasteiger partial charge in [0.25, 0.3) is 11.8 Å². The highest BCUT2D eigenvalue weighted by Crippen LogP contribution is 2.24. The van der Waals surface area contributed by atoms with E-state index in [-0.39, 0.29) is 5.57 Å². The van der Waals surface area contributed by atoms with E-state index < -0.39 is 17.8 Å². The van der Waals surface area contributed by atoms with E-state index in [1.165, 1.54) is 11.6 Å². The molecule has 35 heavy (non-hydrogen) atoms. The SMILES string of the molecule is Cc1ccc(OCCOc2ccc(C=C3C(=O)NC(=O)N(c4ccc(Br)cc4)C3=O)cc2)c(C)c1. The zero-order valence-corrected chi connectivity index (χ0v) is 20.8. The summed E-state index contributed by atoms with van der Waals surface area (Å²) in [5.74, 6) is 0.0249. The van der Waals surface area contributed by atoms with E-state index in [1.807, 2.05) is 26.0 Å². The number of urea groups is 1. The minimum atomic E-state index is -0.786. The number of nitrogens with one attached hydrogen (secondary N) is 1. The summed E-state index contributed by atoms with van der Waals surface area (Å²) in [4.78, 5) is 38.6. The number of carbonyl (C=O) groups is 3. The van der Waals surface area contributed by atoms with E-state index in [0.717, 1.165) is 20.7 Å². The molecule has 8 heteroatoms. The van der Waals surface area contributed by atoms with Crippen LogP contribution in [0.4, 0.5) is 10.5 Å². The third-order valence-electron chi connectivity index (χ3n) is 5.32. The van der Waals surface area contributed by atoms with E-state index in [4.69, 9.17) is 9.47 Å². The van der Waals surface area contributed by atoms with Crippen LogP contribution in [0.1, 0.15) is 16.7 Å². The number of hydrogen-bond donors (Lipinski definition) is 1. The Hall–Kier alpha value is -3.91. The molecule has 1 heterocycles. The molecular weight excluding hydrogens is 512 g/mol. The molecule has 0 aliphatic carbocycles. The molecule has 0 atom stereocenters. The van der Waals surface area contributed by atoms with E-state index in [0.29, 0.717) is 30.2 Å². The molecule has 4 amide bonds. The fourth-order valence-electron chi connectivity index (χ4n) is 3.58. The molecule has 178 valence electrons. The monoisotopic (exact) mass is 534 g/mol. The number of aryl methyl sites for hydroxylation is 2. The second-order valence-electron chi connectivity index (χ2n) is 7.97. The number of halogens is 1. The number of nitrogens with zero attached hydrogens (tertiary/aromatic N) is 1. The number of amides is 4. The minimum Gasteiger partial charge on any atom is -0.490 e. The van der Waals surface area contributed by atoms with Crippen LogP contribution in [0.25, 0.3) is 6.08 Å². The molecule has 0 unspecified atom stereocenters. The normalized spacial score (nSPS) is 14.8. The lowest BCUT2D eigenvalue weighted by atomic mass is 10.1. The molecule has 0 spiro atoms. The molecule has 1 fully saturated rings. The van der Waals surface area contributed by atoms with Crippen LogP contribution in [0.5, 0.6) is 11.5 Å². The average Bonchev–Trinajstić information content (AvgIpc) is 2.82. The summed E-state index contributed by atoms with van der Waals surface area (Å²) in [7, 11) is 0. The van der Waals surface area contributed by atoms with Crippen LogP contribution in [0.2, 0.25) is 0 Å². The van der Waals surface area contributed by atoms with E-state index in [2.05, 4.69) is 27.3 Å². The zero-order chi connectivity index (χ0) is 24.9. The van der Waals surface area contributed by atoms with Gasteiger partial charge < -0.3 is 9.47 Å². The molecule has 0 radical (unpaired) electrons. The summed E-state index contributed by atoms with van der Waals surface area (Å²) in [5.41, 5.74) is 3.10. The topological polar surface area (TPSA) is 84.9 Å². The third-order valence-corrected chi connectivity index (χ3v) is 5.85. The maximum Gasteiger partial charge on any atom is 0.335 e. The van der Waals surface area contributed by atoms with Crippen molar-refractivity contribution in [1.82, 2.24) is 5.32 Å². The minimum absolute atomic E-state index is 0.136. The van der Waals surface area contributed by atoms with Gasteiger partial charge in [-0.2, -0.15) is 0 Å². The van der Waals surface area contributed by atoms with Gasteiger partial charge in [-0.1, -0.05) is 45.8 Å². The van der Waals surface area contributed by atoms with Crippen molar-refractivity contribution in [2.75, 3.05) is 18.1 Å². The molecule has 1 aliphatic rings. The van der Waals surface area contributed by atoms with Gasteiger partial charge in [0, 0.05) is 4.47 Å². The fraction of sp³-hybridized carbons (Fsp3) is 0.148. The van der Waals surface area contributed by atoms with Crippen molar-refractivity contribution in [3.05, 3.63) is 93.5 Å². The van der Waals surface area contributed by atoms with Gasteiger partial charge in [0.15, 0.2) is 0 Å². The van der Waals surface area contributed by atoms with Crippen molar-refractivity contribution < 1.29 is 23.9 Å². The Bertz CT molecular complexity index is 1300. The second kappa shape index (κ2) is 10.6. The van der Waals surface area contributed by atoms with Gasteiger partial charge in [-0.25, -0.2) is 9.69 Å². The highest BCUT2D eigenvalue weighted by Gasteiger charge is 2.36. The van der Waals surface area contributed by atoms with Gasteiger partial charge in [-0.3, -0.25) is 14.9 Å². The lowest BCUT2D eigenvalue weighted by Crippen LogP contribution is -2.54. The van der Waals surface area contributed by atoms with Crippen LogP contribution in [-0.4, -0.2) is 31.1 Å². The van der Waals surface area contributed by atoms with Gasteiger partial charge in [0.2, 0.25) is 0 Å². The molecule has 1 aliphatic heterocycles. The number of ether oxygens (including phenoxy) is 2. The summed E-state index contributed by atoms with van der Waals surface area (Å²) < 4.78 is 12.3. The Balaban J connectivity index is 1.39. The summed E-state index contributed by atoms with van der Waals surface area (Å²) in [6, 6.07) is 18.8. The molecule has 4 rings (SSSR count). The predicted octanol–water partition coefficient (Wildman–Crippen LogP) is 5.19. The highest BCUT2D eigenvalue weighted by molar-refractivity contribution is 9.10. The van der Waals surface area contributed by atoms with Crippen LogP contribution in [0.15, 0.2) is 76.8 Å². The zero-order valence-electron chi connectivity index (χ0n) is 19.2. The molecule has 3 aromatic carbocycles. The van der Waals surface area contributed by atoms with E-state index in [1.54, 1.807) is 48.5 Å². The quantitative estimate of drug-likeness (QED) is 0.256. The second-order valence-corrected chi connectivity index (χ2v) is 8.88. The van der Waals surface area contributed by atoms with Crippen LogP contribution >= 0.6 is 15.9 Å². The predicted molar refractivity (Wildman–Crippen MR) is 136 cm³/mol. The first-order chi connectivity index (χ1) is 16.8. The Morgan fingerprint density at radius 3 is 2.26 bits per heavy atom. The summed E-state index contributed by atoms with van der Waals surface area (Å²) >= 11 is 3.32. The van der Waals surface area contributed by atoms with Crippen molar-refractivity contribution in [1.29, 1.82) is 0 Å². The van der Waals surface area contributed by atoms with Crippen LogP contribution in [0, 0.1) is 13.8 Å². The van der Waals surface area contributed by atoms with Gasteiger partial charge >= 0.3 is 6.03 Å². The largest absolute Gasteiger partial charge is 0.490 e. The first-order valence-corrected chi connectivity index (χ1v) is 11.7. The Morgan fingerprint density at radius 1 is 0.886 bits per heavy atom. The van der Waals surface area contributed by atoms with Gasteiger partial charge in [-0.15, -0.1) is 0 Å². The fourth-order valence-corrected chi connectivity index (χ4v) is 3.85. The summed E-state index contributed by atoms with van der Waals surface area (Å²) in [6.07, 6.45) is 1.45. The summed E-state index contributed by atoms with van der Waals surface area (Å²) in [5, 5.41) is 2.22. The third kappa shape index (κ3) is 5.78. The molecule has 0 saturated carbocycles. The highest BCUT2D eigenvalue weighted by atomic mass is 79.9. The number of anilines is 1. The Morgan fingerprint density at radius 2 is 1.57 bits per heavy atom. The van der Waals surface area contributed by atoms with Gasteiger partial charge in [0.05, 0.1) is 5.69 Å². The maximum absolute atomic E-state index is 13.0. The van der Waals surface area contributed by atoms with Gasteiger partial charge in [0.1, 0.15) is 30.3 Å². The van der Waals surface area contributed by atoms with Crippen molar-refractivity contribution >= 4 is 45.5 Å². The number of carbonyl (C=O) groups excluding carboxylic acids is 3. The first kappa shape index (κ1) is 24.2. The Kier molecular flexibility index (Phi) is 7.31. The van der Waals surface area contributed by atoms with Crippen LogP contribution in [-0.2, 0) is 9.59 Å². The van der Waals surface area contributed by atoms with Crippen LogP contribution in [0.3, 0.4) is 0 Å². The number of imide groups is 2. The smallest absolute Gasteiger partial charge is 0.335 e. The molecule has 0 bridgehead atoms. The number of benzene rings is 3. The molecule has 1 saturated heterocycles. The lowest BCUT2D eigenvalue weighted by Gasteiger charge is -2.26. The van der Waals surface area contributed by atoms with E-state index >= 15 is 0 Å².